The molecule has 0 fully saturated rings. The number of hydrogen-bond acceptors (Lipinski definition) is 4. The number of benzene rings is 2. The molecule has 1 atom stereocenters. The van der Waals surface area contributed by atoms with Gasteiger partial charge in [0, 0.05) is 6.54 Å². The quantitative estimate of drug-likeness (QED) is 0.723. The van der Waals surface area contributed by atoms with Crippen LogP contribution in [0.4, 0.5) is 4.79 Å². The van der Waals surface area contributed by atoms with Crippen LogP contribution in [0.5, 0.6) is 0 Å². The van der Waals surface area contributed by atoms with Crippen LogP contribution >= 0.6 is 0 Å². The maximum Gasteiger partial charge on any atom is 0.408 e. The van der Waals surface area contributed by atoms with Crippen molar-refractivity contribution in [3.05, 3.63) is 71.8 Å². The number of ether oxygens (including phenoxy) is 1. The van der Waals surface area contributed by atoms with E-state index < -0.39 is 18.0 Å². The summed E-state index contributed by atoms with van der Waals surface area (Å²) in [6, 6.07) is 17.2. The Bertz CT molecular complexity index is 647. The molecule has 0 aromatic heterocycles. The monoisotopic (exact) mass is 328 g/mol. The number of alkyl carbamates (subject to hydrolysis) is 1. The number of carbonyl (C=O) groups is 2. The van der Waals surface area contributed by atoms with Crippen molar-refractivity contribution in [2.45, 2.75) is 12.6 Å². The van der Waals surface area contributed by atoms with E-state index in [-0.39, 0.29) is 19.8 Å². The van der Waals surface area contributed by atoms with Gasteiger partial charge in [-0.15, -0.1) is 0 Å². The van der Waals surface area contributed by atoms with E-state index >= 15 is 0 Å². The van der Waals surface area contributed by atoms with Gasteiger partial charge in [0.15, 0.2) is 0 Å². The molecule has 2 amide bonds. The van der Waals surface area contributed by atoms with Crippen LogP contribution < -0.4 is 10.6 Å². The first kappa shape index (κ1) is 17.5. The SMILES string of the molecule is O=C(N[C@H](C(=O)NCCO)c1ccccc1)OCc1ccccc1. The molecule has 2 aromatic rings. The summed E-state index contributed by atoms with van der Waals surface area (Å²) in [6.07, 6.45) is -0.688. The van der Waals surface area contributed by atoms with E-state index in [1.807, 2.05) is 36.4 Å². The highest BCUT2D eigenvalue weighted by Crippen LogP contribution is 2.13. The zero-order valence-electron chi connectivity index (χ0n) is 13.1. The maximum atomic E-state index is 12.2. The summed E-state index contributed by atoms with van der Waals surface area (Å²) in [5.41, 5.74) is 1.48. The van der Waals surface area contributed by atoms with Crippen molar-refractivity contribution in [1.82, 2.24) is 10.6 Å². The van der Waals surface area contributed by atoms with Crippen molar-refractivity contribution >= 4 is 12.0 Å². The predicted octanol–water partition coefficient (Wildman–Crippen LogP) is 1.76. The average molecular weight is 328 g/mol. The molecule has 3 N–H and O–H groups in total. The molecule has 0 radical (unpaired) electrons. The molecule has 0 unspecified atom stereocenters. The zero-order chi connectivity index (χ0) is 17.2. The lowest BCUT2D eigenvalue weighted by molar-refractivity contribution is -0.123. The van der Waals surface area contributed by atoms with Crippen molar-refractivity contribution in [2.75, 3.05) is 13.2 Å². The van der Waals surface area contributed by atoms with Crippen LogP contribution in [0.2, 0.25) is 0 Å². The lowest BCUT2D eigenvalue weighted by Gasteiger charge is -2.18. The Hall–Kier alpha value is -2.86. The predicted molar refractivity (Wildman–Crippen MR) is 89.0 cm³/mol. The van der Waals surface area contributed by atoms with Crippen molar-refractivity contribution in [3.8, 4) is 0 Å². The van der Waals surface area contributed by atoms with Crippen molar-refractivity contribution in [1.29, 1.82) is 0 Å². The smallest absolute Gasteiger partial charge is 0.408 e. The lowest BCUT2D eigenvalue weighted by Crippen LogP contribution is -2.41. The van der Waals surface area contributed by atoms with Crippen LogP contribution in [-0.2, 0) is 16.1 Å². The minimum absolute atomic E-state index is 0.114. The van der Waals surface area contributed by atoms with E-state index in [1.165, 1.54) is 0 Å². The van der Waals surface area contributed by atoms with Crippen molar-refractivity contribution in [2.24, 2.45) is 0 Å². The molecular weight excluding hydrogens is 308 g/mol. The van der Waals surface area contributed by atoms with Crippen LogP contribution in [0.1, 0.15) is 17.2 Å². The normalized spacial score (nSPS) is 11.4. The Morgan fingerprint density at radius 2 is 1.62 bits per heavy atom. The van der Waals surface area contributed by atoms with Crippen molar-refractivity contribution < 1.29 is 19.4 Å². The second-order valence-corrected chi connectivity index (χ2v) is 5.06. The van der Waals surface area contributed by atoms with E-state index in [0.717, 1.165) is 5.56 Å². The molecule has 0 saturated carbocycles. The summed E-state index contributed by atoms with van der Waals surface area (Å²) in [4.78, 5) is 24.2. The first-order valence-electron chi connectivity index (χ1n) is 7.61. The Balaban J connectivity index is 1.99. The molecular formula is C18H20N2O4. The highest BCUT2D eigenvalue weighted by atomic mass is 16.5. The fourth-order valence-electron chi connectivity index (χ4n) is 2.11. The number of aliphatic hydroxyl groups is 1. The highest BCUT2D eigenvalue weighted by molar-refractivity contribution is 5.86. The van der Waals surface area contributed by atoms with Gasteiger partial charge in [0.2, 0.25) is 5.91 Å². The molecule has 0 aliphatic heterocycles. The van der Waals surface area contributed by atoms with E-state index in [0.29, 0.717) is 5.56 Å². The average Bonchev–Trinajstić information content (AvgIpc) is 2.64. The number of aliphatic hydroxyl groups excluding tert-OH is 1. The van der Waals surface area contributed by atoms with Gasteiger partial charge < -0.3 is 20.5 Å². The molecule has 0 aliphatic carbocycles. The van der Waals surface area contributed by atoms with E-state index in [2.05, 4.69) is 10.6 Å². The van der Waals surface area contributed by atoms with Gasteiger partial charge in [0.1, 0.15) is 12.6 Å². The maximum absolute atomic E-state index is 12.2. The van der Waals surface area contributed by atoms with Gasteiger partial charge in [-0.05, 0) is 11.1 Å². The first-order valence-corrected chi connectivity index (χ1v) is 7.61. The minimum atomic E-state index is -0.888. The van der Waals surface area contributed by atoms with E-state index in [4.69, 9.17) is 9.84 Å². The first-order chi connectivity index (χ1) is 11.7. The summed E-state index contributed by atoms with van der Waals surface area (Å²) >= 11 is 0. The van der Waals surface area contributed by atoms with Gasteiger partial charge in [-0.25, -0.2) is 4.79 Å². The molecule has 0 spiro atoms. The van der Waals surface area contributed by atoms with Gasteiger partial charge in [0.05, 0.1) is 6.61 Å². The minimum Gasteiger partial charge on any atom is -0.445 e. The van der Waals surface area contributed by atoms with Crippen LogP contribution in [0.3, 0.4) is 0 Å². The Morgan fingerprint density at radius 3 is 2.25 bits per heavy atom. The van der Waals surface area contributed by atoms with Gasteiger partial charge >= 0.3 is 6.09 Å². The van der Waals surface area contributed by atoms with E-state index in [1.54, 1.807) is 24.3 Å². The highest BCUT2D eigenvalue weighted by Gasteiger charge is 2.22. The Morgan fingerprint density at radius 1 is 1.00 bits per heavy atom. The molecule has 0 bridgehead atoms. The molecule has 6 nitrogen and oxygen atoms in total. The van der Waals surface area contributed by atoms with Crippen molar-refractivity contribution in [3.63, 3.8) is 0 Å². The third kappa shape index (κ3) is 5.40. The number of rotatable bonds is 7. The standard InChI is InChI=1S/C18H20N2O4/c21-12-11-19-17(22)16(15-9-5-2-6-10-15)20-18(23)24-13-14-7-3-1-4-8-14/h1-10,16,21H,11-13H2,(H,19,22)(H,20,23)/t16-/m0/s1. The molecule has 126 valence electrons. The lowest BCUT2D eigenvalue weighted by atomic mass is 10.1. The zero-order valence-corrected chi connectivity index (χ0v) is 13.1. The molecule has 0 aliphatic rings. The molecule has 0 heterocycles. The number of amides is 2. The summed E-state index contributed by atoms with van der Waals surface area (Å²) in [5, 5.41) is 13.9. The summed E-state index contributed by atoms with van der Waals surface area (Å²) < 4.78 is 5.16. The van der Waals surface area contributed by atoms with E-state index in [9.17, 15) is 9.59 Å². The van der Waals surface area contributed by atoms with Crippen LogP contribution in [0.25, 0.3) is 0 Å². The van der Waals surface area contributed by atoms with Crippen LogP contribution in [0.15, 0.2) is 60.7 Å². The molecule has 2 aromatic carbocycles. The number of hydrogen-bond donors (Lipinski definition) is 3. The van der Waals surface area contributed by atoms with Gasteiger partial charge in [-0.1, -0.05) is 60.7 Å². The summed E-state index contributed by atoms with van der Waals surface area (Å²) in [5.74, 6) is -0.410. The third-order valence-corrected chi connectivity index (χ3v) is 3.28. The fourth-order valence-corrected chi connectivity index (χ4v) is 2.11. The molecule has 0 saturated heterocycles. The summed E-state index contributed by atoms with van der Waals surface area (Å²) in [7, 11) is 0. The summed E-state index contributed by atoms with van der Waals surface area (Å²) in [6.45, 7) is 0.0566. The largest absolute Gasteiger partial charge is 0.445 e. The fraction of sp³-hybridized carbons (Fsp3) is 0.222. The van der Waals surface area contributed by atoms with Gasteiger partial charge in [0.25, 0.3) is 0 Å². The topological polar surface area (TPSA) is 87.7 Å². The Labute approximate surface area is 140 Å². The third-order valence-electron chi connectivity index (χ3n) is 3.28. The van der Waals surface area contributed by atoms with Gasteiger partial charge in [-0.2, -0.15) is 0 Å². The van der Waals surface area contributed by atoms with Gasteiger partial charge in [-0.3, -0.25) is 4.79 Å². The molecule has 24 heavy (non-hydrogen) atoms. The van der Waals surface area contributed by atoms with Crippen LogP contribution in [-0.4, -0.2) is 30.3 Å². The number of nitrogens with one attached hydrogen (secondary N) is 2. The number of carbonyl (C=O) groups excluding carboxylic acids is 2. The second-order valence-electron chi connectivity index (χ2n) is 5.06. The Kier molecular flexibility index (Phi) is 6.79. The molecule has 6 heteroatoms. The molecule has 2 rings (SSSR count). The van der Waals surface area contributed by atoms with Crippen LogP contribution in [0, 0.1) is 0 Å². The second kappa shape index (κ2) is 9.32.